The van der Waals surface area contributed by atoms with Gasteiger partial charge in [-0.3, -0.25) is 0 Å². The van der Waals surface area contributed by atoms with Gasteiger partial charge in [0.05, 0.1) is 11.8 Å². The molecule has 1 aromatic rings. The molecule has 3 heteroatoms. The Morgan fingerprint density at radius 3 is 2.75 bits per heavy atom. The summed E-state index contributed by atoms with van der Waals surface area (Å²) in [5.41, 5.74) is 1.22. The first-order chi connectivity index (χ1) is 7.59. The Labute approximate surface area is 95.7 Å². The Hall–Kier alpha value is -1.09. The second-order valence-electron chi connectivity index (χ2n) is 4.68. The molecule has 1 aliphatic carbocycles. The maximum absolute atomic E-state index is 13.8. The van der Waals surface area contributed by atoms with Crippen LogP contribution in [0.2, 0.25) is 0 Å². The van der Waals surface area contributed by atoms with E-state index >= 15 is 0 Å². The fourth-order valence-electron chi connectivity index (χ4n) is 2.05. The summed E-state index contributed by atoms with van der Waals surface area (Å²) < 4.78 is 13.8. The average molecular weight is 223 g/mol. The maximum atomic E-state index is 13.8. The molecule has 2 rings (SSSR count). The van der Waals surface area contributed by atoms with Crippen molar-refractivity contribution in [2.75, 3.05) is 18.5 Å². The number of halogens is 1. The van der Waals surface area contributed by atoms with Gasteiger partial charge in [-0.15, -0.1) is 0 Å². The number of hydrogen-bond donors (Lipinski definition) is 1. The molecule has 0 heterocycles. The molecule has 1 aliphatic rings. The minimum Gasteiger partial charge on any atom is -0.389 e. The Kier molecular flexibility index (Phi) is 3.15. The van der Waals surface area contributed by atoms with Gasteiger partial charge in [-0.05, 0) is 31.7 Å². The highest BCUT2D eigenvalue weighted by Crippen LogP contribution is 2.34. The molecule has 0 saturated heterocycles. The van der Waals surface area contributed by atoms with Crippen LogP contribution in [-0.4, -0.2) is 18.7 Å². The predicted octanol–water partition coefficient (Wildman–Crippen LogP) is 2.73. The number of hydrogen-bond acceptors (Lipinski definition) is 2. The molecule has 0 spiro atoms. The minimum atomic E-state index is -0.632. The van der Waals surface area contributed by atoms with E-state index in [1.54, 1.807) is 19.1 Å². The average Bonchev–Trinajstić information content (AvgIpc) is 3.00. The first-order valence-electron chi connectivity index (χ1n) is 5.77. The highest BCUT2D eigenvalue weighted by atomic mass is 19.1. The zero-order valence-corrected chi connectivity index (χ0v) is 9.78. The smallest absolute Gasteiger partial charge is 0.146 e. The van der Waals surface area contributed by atoms with Crippen molar-refractivity contribution in [2.24, 2.45) is 5.92 Å². The normalized spacial score (nSPS) is 17.2. The number of para-hydroxylation sites is 1. The molecule has 1 aromatic carbocycles. The van der Waals surface area contributed by atoms with Gasteiger partial charge < -0.3 is 10.0 Å². The van der Waals surface area contributed by atoms with Gasteiger partial charge in [0.2, 0.25) is 0 Å². The molecule has 2 nitrogen and oxygen atoms in total. The standard InChI is InChI=1S/C13H18FNO/c1-9(16)11-4-3-5-12(14)13(11)15(2)8-10-6-7-10/h3-5,9-10,16H,6-8H2,1-2H3/t9-/m1/s1. The third kappa shape index (κ3) is 2.35. The summed E-state index contributed by atoms with van der Waals surface area (Å²) >= 11 is 0. The number of benzene rings is 1. The molecule has 16 heavy (non-hydrogen) atoms. The highest BCUT2D eigenvalue weighted by Gasteiger charge is 2.25. The topological polar surface area (TPSA) is 23.5 Å². The van der Waals surface area contributed by atoms with Crippen LogP contribution < -0.4 is 4.90 Å². The van der Waals surface area contributed by atoms with Crippen LogP contribution in [0.5, 0.6) is 0 Å². The van der Waals surface area contributed by atoms with E-state index < -0.39 is 6.10 Å². The molecule has 1 N–H and O–H groups in total. The first-order valence-corrected chi connectivity index (χ1v) is 5.77. The Morgan fingerprint density at radius 1 is 1.50 bits per heavy atom. The van der Waals surface area contributed by atoms with E-state index in [9.17, 15) is 9.50 Å². The van der Waals surface area contributed by atoms with Crippen molar-refractivity contribution in [3.8, 4) is 0 Å². The molecular weight excluding hydrogens is 205 g/mol. The number of rotatable bonds is 4. The summed E-state index contributed by atoms with van der Waals surface area (Å²) in [6, 6.07) is 4.88. The predicted molar refractivity (Wildman–Crippen MR) is 63.0 cm³/mol. The summed E-state index contributed by atoms with van der Waals surface area (Å²) in [4.78, 5) is 1.93. The Balaban J connectivity index is 2.28. The summed E-state index contributed by atoms with van der Waals surface area (Å²) in [5, 5.41) is 9.63. The summed E-state index contributed by atoms with van der Waals surface area (Å²) in [6.45, 7) is 2.55. The fourth-order valence-corrected chi connectivity index (χ4v) is 2.05. The van der Waals surface area contributed by atoms with Crippen molar-refractivity contribution in [3.05, 3.63) is 29.6 Å². The number of nitrogens with zero attached hydrogens (tertiary/aromatic N) is 1. The molecule has 88 valence electrons. The van der Waals surface area contributed by atoms with Crippen LogP contribution in [-0.2, 0) is 0 Å². The third-order valence-electron chi connectivity index (χ3n) is 3.08. The van der Waals surface area contributed by atoms with Gasteiger partial charge in [0.1, 0.15) is 5.82 Å². The second kappa shape index (κ2) is 4.42. The number of anilines is 1. The van der Waals surface area contributed by atoms with Crippen molar-refractivity contribution >= 4 is 5.69 Å². The summed E-state index contributed by atoms with van der Waals surface area (Å²) in [6.07, 6.45) is 1.85. The zero-order chi connectivity index (χ0) is 11.7. The van der Waals surface area contributed by atoms with Gasteiger partial charge in [0.25, 0.3) is 0 Å². The van der Waals surface area contributed by atoms with E-state index in [4.69, 9.17) is 0 Å². The molecule has 1 saturated carbocycles. The molecule has 0 aliphatic heterocycles. The summed E-state index contributed by atoms with van der Waals surface area (Å²) in [7, 11) is 1.89. The van der Waals surface area contributed by atoms with Crippen LogP contribution in [0.15, 0.2) is 18.2 Å². The molecule has 0 bridgehead atoms. The van der Waals surface area contributed by atoms with Gasteiger partial charge in [0.15, 0.2) is 0 Å². The lowest BCUT2D eigenvalue weighted by Gasteiger charge is -2.24. The monoisotopic (exact) mass is 223 g/mol. The van der Waals surface area contributed by atoms with Gasteiger partial charge in [-0.2, -0.15) is 0 Å². The van der Waals surface area contributed by atoms with E-state index in [0.717, 1.165) is 6.54 Å². The second-order valence-corrected chi connectivity index (χ2v) is 4.68. The summed E-state index contributed by atoms with van der Waals surface area (Å²) in [5.74, 6) is 0.452. The third-order valence-corrected chi connectivity index (χ3v) is 3.08. The van der Waals surface area contributed by atoms with Gasteiger partial charge in [-0.1, -0.05) is 12.1 Å². The molecule has 1 fully saturated rings. The lowest BCUT2D eigenvalue weighted by molar-refractivity contribution is 0.199. The Morgan fingerprint density at radius 2 is 2.19 bits per heavy atom. The number of aliphatic hydroxyl groups excluding tert-OH is 1. The highest BCUT2D eigenvalue weighted by molar-refractivity contribution is 5.55. The van der Waals surface area contributed by atoms with E-state index in [1.807, 2.05) is 11.9 Å². The van der Waals surface area contributed by atoms with Crippen molar-refractivity contribution in [1.29, 1.82) is 0 Å². The Bertz CT molecular complexity index is 374. The quantitative estimate of drug-likeness (QED) is 0.848. The molecule has 0 radical (unpaired) electrons. The number of aliphatic hydroxyl groups is 1. The van der Waals surface area contributed by atoms with Crippen molar-refractivity contribution in [2.45, 2.75) is 25.9 Å². The van der Waals surface area contributed by atoms with Crippen molar-refractivity contribution in [3.63, 3.8) is 0 Å². The first kappa shape index (κ1) is 11.4. The van der Waals surface area contributed by atoms with E-state index in [-0.39, 0.29) is 5.82 Å². The van der Waals surface area contributed by atoms with E-state index in [2.05, 4.69) is 0 Å². The van der Waals surface area contributed by atoms with Crippen LogP contribution in [0.1, 0.15) is 31.4 Å². The maximum Gasteiger partial charge on any atom is 0.146 e. The molecular formula is C13H18FNO. The minimum absolute atomic E-state index is 0.249. The van der Waals surface area contributed by atoms with Crippen LogP contribution in [0.4, 0.5) is 10.1 Å². The molecule has 0 aromatic heterocycles. The lowest BCUT2D eigenvalue weighted by Crippen LogP contribution is -2.23. The molecule has 1 atom stereocenters. The fraction of sp³-hybridized carbons (Fsp3) is 0.538. The SMILES string of the molecule is C[C@@H](O)c1cccc(F)c1N(C)CC1CC1. The van der Waals surface area contributed by atoms with E-state index in [0.29, 0.717) is 17.2 Å². The molecule has 0 unspecified atom stereocenters. The lowest BCUT2D eigenvalue weighted by atomic mass is 10.1. The van der Waals surface area contributed by atoms with Gasteiger partial charge >= 0.3 is 0 Å². The van der Waals surface area contributed by atoms with Crippen LogP contribution in [0, 0.1) is 11.7 Å². The van der Waals surface area contributed by atoms with Crippen LogP contribution >= 0.6 is 0 Å². The van der Waals surface area contributed by atoms with Crippen LogP contribution in [0.3, 0.4) is 0 Å². The van der Waals surface area contributed by atoms with E-state index in [1.165, 1.54) is 18.9 Å². The zero-order valence-electron chi connectivity index (χ0n) is 9.78. The van der Waals surface area contributed by atoms with Crippen molar-refractivity contribution in [1.82, 2.24) is 0 Å². The van der Waals surface area contributed by atoms with Gasteiger partial charge in [0, 0.05) is 19.2 Å². The van der Waals surface area contributed by atoms with Crippen LogP contribution in [0.25, 0.3) is 0 Å². The van der Waals surface area contributed by atoms with Crippen molar-refractivity contribution < 1.29 is 9.50 Å². The van der Waals surface area contributed by atoms with Gasteiger partial charge in [-0.25, -0.2) is 4.39 Å². The largest absolute Gasteiger partial charge is 0.389 e. The molecule has 0 amide bonds.